The maximum atomic E-state index is 10.6. The third kappa shape index (κ3) is 5.28. The summed E-state index contributed by atoms with van der Waals surface area (Å²) in [6.45, 7) is 6.87. The average molecular weight is 356 g/mol. The minimum absolute atomic E-state index is 0.342. The average Bonchev–Trinajstić information content (AvgIpc) is 2.60. The molecule has 5 nitrogen and oxygen atoms in total. The van der Waals surface area contributed by atoms with E-state index in [4.69, 9.17) is 19.3 Å². The molecule has 0 radical (unpaired) electrons. The van der Waals surface area contributed by atoms with Crippen LogP contribution >= 0.6 is 0 Å². The molecule has 138 valence electrons. The Hall–Kier alpha value is -2.95. The number of carboxylic acid groups (broad SMARTS) is 1. The van der Waals surface area contributed by atoms with E-state index >= 15 is 0 Å². The second-order valence-electron chi connectivity index (χ2n) is 5.98. The second kappa shape index (κ2) is 8.94. The molecule has 0 heterocycles. The van der Waals surface area contributed by atoms with E-state index in [-0.39, 0.29) is 0 Å². The minimum atomic E-state index is -1.000. The topological polar surface area (TPSA) is 65.0 Å². The quantitative estimate of drug-likeness (QED) is 0.568. The minimum Gasteiger partial charge on any atom is -0.493 e. The zero-order chi connectivity index (χ0) is 19.1. The van der Waals surface area contributed by atoms with E-state index in [2.05, 4.69) is 13.0 Å². The van der Waals surface area contributed by atoms with Crippen molar-refractivity contribution in [2.24, 2.45) is 0 Å². The van der Waals surface area contributed by atoms with Crippen LogP contribution in [0.15, 0.2) is 36.4 Å². The van der Waals surface area contributed by atoms with Crippen molar-refractivity contribution in [3.05, 3.63) is 58.7 Å². The molecule has 0 saturated carbocycles. The number of ether oxygens (including phenoxy) is 3. The first-order valence-electron chi connectivity index (χ1n) is 8.33. The molecule has 0 atom stereocenters. The second-order valence-corrected chi connectivity index (χ2v) is 5.98. The van der Waals surface area contributed by atoms with E-state index in [1.165, 1.54) is 11.6 Å². The molecule has 0 saturated heterocycles. The third-order valence-corrected chi connectivity index (χ3v) is 3.97. The number of hydrogen-bond donors (Lipinski definition) is 1. The van der Waals surface area contributed by atoms with Crippen LogP contribution in [0.25, 0.3) is 6.08 Å². The van der Waals surface area contributed by atoms with E-state index in [0.717, 1.165) is 23.0 Å². The number of rotatable bonds is 8. The molecule has 0 aliphatic rings. The van der Waals surface area contributed by atoms with Gasteiger partial charge in [-0.2, -0.15) is 0 Å². The number of aryl methyl sites for hydroxylation is 2. The highest BCUT2D eigenvalue weighted by Crippen LogP contribution is 2.29. The summed E-state index contributed by atoms with van der Waals surface area (Å²) < 4.78 is 16.9. The molecule has 26 heavy (non-hydrogen) atoms. The van der Waals surface area contributed by atoms with Crippen LogP contribution in [0, 0.1) is 20.8 Å². The van der Waals surface area contributed by atoms with Crippen molar-refractivity contribution in [1.82, 2.24) is 0 Å². The number of carbonyl (C=O) groups is 1. The molecule has 5 heteroatoms. The van der Waals surface area contributed by atoms with Crippen LogP contribution in [0.1, 0.15) is 22.3 Å². The molecule has 0 fully saturated rings. The van der Waals surface area contributed by atoms with Crippen molar-refractivity contribution < 1.29 is 24.1 Å². The van der Waals surface area contributed by atoms with Gasteiger partial charge in [0.25, 0.3) is 0 Å². The molecule has 2 aromatic rings. The largest absolute Gasteiger partial charge is 0.493 e. The summed E-state index contributed by atoms with van der Waals surface area (Å²) in [6, 6.07) is 9.38. The Balaban J connectivity index is 2.00. The smallest absolute Gasteiger partial charge is 0.328 e. The van der Waals surface area contributed by atoms with Crippen LogP contribution in [-0.2, 0) is 4.79 Å². The molecule has 0 amide bonds. The van der Waals surface area contributed by atoms with Crippen molar-refractivity contribution in [3.63, 3.8) is 0 Å². The van der Waals surface area contributed by atoms with Gasteiger partial charge < -0.3 is 19.3 Å². The summed E-state index contributed by atoms with van der Waals surface area (Å²) in [4.78, 5) is 10.6. The standard InChI is InChI=1S/C21H24O5/c1-14-11-15(2)16(3)19(12-14)25-9-10-26-20-13-17(6-8-21(22)23)5-7-18(20)24-4/h5-8,11-13H,9-10H2,1-4H3,(H,22,23). The van der Waals surface area contributed by atoms with Crippen molar-refractivity contribution in [2.75, 3.05) is 20.3 Å². The predicted molar refractivity (Wildman–Crippen MR) is 101 cm³/mol. The predicted octanol–water partition coefficient (Wildman–Crippen LogP) is 4.18. The van der Waals surface area contributed by atoms with E-state index in [1.54, 1.807) is 25.3 Å². The summed E-state index contributed by atoms with van der Waals surface area (Å²) >= 11 is 0. The highest BCUT2D eigenvalue weighted by Gasteiger charge is 2.07. The Bertz CT molecular complexity index is 808. The van der Waals surface area contributed by atoms with Crippen molar-refractivity contribution in [2.45, 2.75) is 20.8 Å². The molecule has 0 aliphatic carbocycles. The Morgan fingerprint density at radius 1 is 1.00 bits per heavy atom. The number of hydrogen-bond acceptors (Lipinski definition) is 4. The van der Waals surface area contributed by atoms with Crippen LogP contribution in [0.3, 0.4) is 0 Å². The maximum Gasteiger partial charge on any atom is 0.328 e. The Labute approximate surface area is 153 Å². The number of benzene rings is 2. The van der Waals surface area contributed by atoms with Crippen molar-refractivity contribution >= 4 is 12.0 Å². The lowest BCUT2D eigenvalue weighted by molar-refractivity contribution is -0.131. The van der Waals surface area contributed by atoms with Gasteiger partial charge in [-0.1, -0.05) is 12.1 Å². The third-order valence-electron chi connectivity index (χ3n) is 3.97. The van der Waals surface area contributed by atoms with E-state index in [1.807, 2.05) is 19.9 Å². The molecule has 1 N–H and O–H groups in total. The fourth-order valence-corrected chi connectivity index (χ4v) is 2.53. The first kappa shape index (κ1) is 19.4. The zero-order valence-corrected chi connectivity index (χ0v) is 15.5. The zero-order valence-electron chi connectivity index (χ0n) is 15.5. The Morgan fingerprint density at radius 2 is 1.69 bits per heavy atom. The van der Waals surface area contributed by atoms with Crippen LogP contribution in [0.5, 0.6) is 17.2 Å². The highest BCUT2D eigenvalue weighted by atomic mass is 16.5. The molecule has 2 rings (SSSR count). The first-order chi connectivity index (χ1) is 12.4. The van der Waals surface area contributed by atoms with E-state index < -0.39 is 5.97 Å². The Morgan fingerprint density at radius 3 is 2.35 bits per heavy atom. The monoisotopic (exact) mass is 356 g/mol. The lowest BCUT2D eigenvalue weighted by atomic mass is 10.1. The number of methoxy groups -OCH3 is 1. The molecular weight excluding hydrogens is 332 g/mol. The highest BCUT2D eigenvalue weighted by molar-refractivity contribution is 5.85. The molecule has 2 aromatic carbocycles. The number of aliphatic carboxylic acids is 1. The molecule has 0 spiro atoms. The van der Waals surface area contributed by atoms with Crippen LogP contribution in [0.2, 0.25) is 0 Å². The van der Waals surface area contributed by atoms with E-state index in [0.29, 0.717) is 30.3 Å². The lowest BCUT2D eigenvalue weighted by Crippen LogP contribution is -2.10. The maximum absolute atomic E-state index is 10.6. The summed E-state index contributed by atoms with van der Waals surface area (Å²) in [7, 11) is 1.56. The van der Waals surface area contributed by atoms with Gasteiger partial charge in [0.05, 0.1) is 7.11 Å². The van der Waals surface area contributed by atoms with Gasteiger partial charge >= 0.3 is 5.97 Å². The van der Waals surface area contributed by atoms with Gasteiger partial charge in [-0.3, -0.25) is 0 Å². The molecule has 0 unspecified atom stereocenters. The fourth-order valence-electron chi connectivity index (χ4n) is 2.53. The molecule has 0 bridgehead atoms. The van der Waals surface area contributed by atoms with Gasteiger partial charge in [-0.15, -0.1) is 0 Å². The number of carboxylic acids is 1. The fraction of sp³-hybridized carbons (Fsp3) is 0.286. The van der Waals surface area contributed by atoms with Crippen LogP contribution in [0.4, 0.5) is 0 Å². The summed E-state index contributed by atoms with van der Waals surface area (Å²) in [6.07, 6.45) is 2.58. The SMILES string of the molecule is COc1ccc(C=CC(=O)O)cc1OCCOc1cc(C)cc(C)c1C. The van der Waals surface area contributed by atoms with Gasteiger partial charge in [0.2, 0.25) is 0 Å². The lowest BCUT2D eigenvalue weighted by Gasteiger charge is -2.14. The normalized spacial score (nSPS) is 10.8. The molecule has 0 aromatic heterocycles. The first-order valence-corrected chi connectivity index (χ1v) is 8.33. The molecule has 0 aliphatic heterocycles. The van der Waals surface area contributed by atoms with Gasteiger partial charge in [0, 0.05) is 6.08 Å². The van der Waals surface area contributed by atoms with Crippen LogP contribution < -0.4 is 14.2 Å². The van der Waals surface area contributed by atoms with Crippen molar-refractivity contribution in [1.29, 1.82) is 0 Å². The van der Waals surface area contributed by atoms with Gasteiger partial charge in [-0.05, 0) is 67.3 Å². The van der Waals surface area contributed by atoms with Gasteiger partial charge in [0.15, 0.2) is 11.5 Å². The summed E-state index contributed by atoms with van der Waals surface area (Å²) in [5, 5.41) is 8.73. The van der Waals surface area contributed by atoms with Crippen LogP contribution in [-0.4, -0.2) is 31.4 Å². The summed E-state index contributed by atoms with van der Waals surface area (Å²) in [5.41, 5.74) is 4.19. The molecular formula is C21H24O5. The van der Waals surface area contributed by atoms with Gasteiger partial charge in [0.1, 0.15) is 19.0 Å². The van der Waals surface area contributed by atoms with Crippen molar-refractivity contribution in [3.8, 4) is 17.2 Å². The summed E-state index contributed by atoms with van der Waals surface area (Å²) in [5.74, 6) is 0.984. The van der Waals surface area contributed by atoms with Gasteiger partial charge in [-0.25, -0.2) is 4.79 Å². The Kier molecular flexibility index (Phi) is 6.67. The van der Waals surface area contributed by atoms with E-state index in [9.17, 15) is 4.79 Å².